The third-order valence-electron chi connectivity index (χ3n) is 2.96. The maximum Gasteiger partial charge on any atom is 0.322 e. The molecule has 1 aromatic carbocycles. The van der Waals surface area contributed by atoms with Gasteiger partial charge in [-0.15, -0.1) is 11.3 Å². The van der Waals surface area contributed by atoms with Gasteiger partial charge >= 0.3 is 5.97 Å². The molecule has 1 aromatic heterocycles. The topological polar surface area (TPSA) is 83.5 Å². The number of carboxylic acid groups (broad SMARTS) is 1. The van der Waals surface area contributed by atoms with E-state index < -0.39 is 22.0 Å². The van der Waals surface area contributed by atoms with E-state index in [0.29, 0.717) is 5.39 Å². The van der Waals surface area contributed by atoms with Crippen molar-refractivity contribution in [1.82, 2.24) is 4.72 Å². The number of carboxylic acids is 1. The molecular weight excluding hydrogens is 334 g/mol. The Bertz CT molecular complexity index is 783. The predicted molar refractivity (Wildman–Crippen MR) is 83.4 cm³/mol. The van der Waals surface area contributed by atoms with Gasteiger partial charge in [0, 0.05) is 10.1 Å². The fraction of sp³-hybridized carbons (Fsp3) is 0.308. The van der Waals surface area contributed by atoms with Gasteiger partial charge in [0.2, 0.25) is 0 Å². The van der Waals surface area contributed by atoms with Gasteiger partial charge in [-0.2, -0.15) is 4.72 Å². The van der Waals surface area contributed by atoms with Crippen molar-refractivity contribution in [2.75, 3.05) is 0 Å². The van der Waals surface area contributed by atoms with E-state index in [2.05, 4.69) is 4.72 Å². The van der Waals surface area contributed by atoms with Gasteiger partial charge in [-0.25, -0.2) is 8.42 Å². The molecular formula is C13H14ClNO4S2. The van der Waals surface area contributed by atoms with Gasteiger partial charge in [0.1, 0.15) is 6.04 Å². The summed E-state index contributed by atoms with van der Waals surface area (Å²) >= 11 is 7.15. The monoisotopic (exact) mass is 347 g/mol. The highest BCUT2D eigenvalue weighted by Crippen LogP contribution is 2.38. The number of sulfonamides is 1. The minimum atomic E-state index is -3.99. The predicted octanol–water partition coefficient (Wildman–Crippen LogP) is 2.94. The molecule has 0 aliphatic heterocycles. The quantitative estimate of drug-likeness (QED) is 0.871. The lowest BCUT2D eigenvalue weighted by molar-refractivity contribution is -0.140. The van der Waals surface area contributed by atoms with Crippen LogP contribution in [0.1, 0.15) is 13.8 Å². The molecule has 0 saturated heterocycles. The number of nitrogens with one attached hydrogen (secondary N) is 1. The van der Waals surface area contributed by atoms with Crippen molar-refractivity contribution in [1.29, 1.82) is 0 Å². The van der Waals surface area contributed by atoms with Crippen LogP contribution in [0.5, 0.6) is 0 Å². The number of rotatable bonds is 5. The van der Waals surface area contributed by atoms with Crippen molar-refractivity contribution < 1.29 is 18.3 Å². The third kappa shape index (κ3) is 3.21. The average molecular weight is 348 g/mol. The van der Waals surface area contributed by atoms with Gasteiger partial charge < -0.3 is 5.11 Å². The first-order valence-electron chi connectivity index (χ1n) is 6.16. The van der Waals surface area contributed by atoms with Crippen molar-refractivity contribution in [2.24, 2.45) is 5.92 Å². The fourth-order valence-corrected chi connectivity index (χ4v) is 5.34. The van der Waals surface area contributed by atoms with Gasteiger partial charge in [0.15, 0.2) is 4.21 Å². The van der Waals surface area contributed by atoms with Gasteiger partial charge in [-0.05, 0) is 12.0 Å². The maximum absolute atomic E-state index is 12.4. The van der Waals surface area contributed by atoms with Crippen LogP contribution in [0.4, 0.5) is 0 Å². The van der Waals surface area contributed by atoms with Crippen molar-refractivity contribution in [3.8, 4) is 0 Å². The lowest BCUT2D eigenvalue weighted by Gasteiger charge is -2.17. The molecule has 0 radical (unpaired) electrons. The summed E-state index contributed by atoms with van der Waals surface area (Å²) in [5.41, 5.74) is 0. The lowest BCUT2D eigenvalue weighted by atomic mass is 10.1. The average Bonchev–Trinajstić information content (AvgIpc) is 2.74. The molecule has 0 aliphatic rings. The highest BCUT2D eigenvalue weighted by atomic mass is 35.5. The zero-order chi connectivity index (χ0) is 15.8. The molecule has 0 unspecified atom stereocenters. The van der Waals surface area contributed by atoms with Crippen LogP contribution < -0.4 is 4.72 Å². The van der Waals surface area contributed by atoms with Crippen molar-refractivity contribution in [2.45, 2.75) is 24.1 Å². The van der Waals surface area contributed by atoms with Gasteiger partial charge in [0.25, 0.3) is 10.0 Å². The molecule has 0 aliphatic carbocycles. The van der Waals surface area contributed by atoms with Crippen molar-refractivity contribution in [3.05, 3.63) is 29.3 Å². The molecule has 1 atom stereocenters. The standard InChI is InChI=1S/C13H14ClNO4S2/c1-7(2)11(12(16)17)15-21(18,19)13-10(14)8-5-3-4-6-9(8)20-13/h3-7,11,15H,1-2H3,(H,16,17)/t11-/m0/s1. The summed E-state index contributed by atoms with van der Waals surface area (Å²) in [5, 5.41) is 9.87. The number of hydrogen-bond donors (Lipinski definition) is 2. The number of fused-ring (bicyclic) bond motifs is 1. The van der Waals surface area contributed by atoms with E-state index in [1.54, 1.807) is 38.1 Å². The number of hydrogen-bond acceptors (Lipinski definition) is 4. The van der Waals surface area contributed by atoms with Crippen LogP contribution in [-0.4, -0.2) is 25.5 Å². The molecule has 0 saturated carbocycles. The van der Waals surface area contributed by atoms with E-state index in [1.165, 1.54) is 0 Å². The number of benzene rings is 1. The van der Waals surface area contributed by atoms with E-state index in [4.69, 9.17) is 16.7 Å². The summed E-state index contributed by atoms with van der Waals surface area (Å²) < 4.78 is 27.7. The normalized spacial score (nSPS) is 13.7. The van der Waals surface area contributed by atoms with Crippen molar-refractivity contribution in [3.63, 3.8) is 0 Å². The number of aliphatic carboxylic acids is 1. The Kier molecular flexibility index (Phi) is 4.57. The zero-order valence-electron chi connectivity index (χ0n) is 11.3. The summed E-state index contributed by atoms with van der Waals surface area (Å²) in [6.45, 7) is 3.27. The zero-order valence-corrected chi connectivity index (χ0v) is 13.7. The summed E-state index contributed by atoms with van der Waals surface area (Å²) in [6, 6.07) is 5.84. The molecule has 0 spiro atoms. The Labute approximate surface area is 131 Å². The van der Waals surface area contributed by atoms with Crippen molar-refractivity contribution >= 4 is 49.0 Å². The first kappa shape index (κ1) is 16.2. The Hall–Kier alpha value is -1.15. The first-order valence-corrected chi connectivity index (χ1v) is 8.84. The van der Waals surface area contributed by atoms with Crippen LogP contribution in [0.3, 0.4) is 0 Å². The molecule has 8 heteroatoms. The molecule has 0 amide bonds. The SMILES string of the molecule is CC(C)[C@H](NS(=O)(=O)c1sc2ccccc2c1Cl)C(=O)O. The van der Waals surface area contributed by atoms with Gasteiger partial charge in [-0.3, -0.25) is 4.79 Å². The molecule has 1 heterocycles. The number of thiophene rings is 1. The van der Waals surface area contributed by atoms with E-state index in [0.717, 1.165) is 16.0 Å². The Morgan fingerprint density at radius 1 is 1.33 bits per heavy atom. The highest BCUT2D eigenvalue weighted by molar-refractivity contribution is 7.92. The molecule has 0 fully saturated rings. The van der Waals surface area contributed by atoms with Crippen LogP contribution in [0.15, 0.2) is 28.5 Å². The Morgan fingerprint density at radius 3 is 2.48 bits per heavy atom. The van der Waals surface area contributed by atoms with E-state index in [9.17, 15) is 13.2 Å². The first-order chi connectivity index (χ1) is 9.74. The van der Waals surface area contributed by atoms with Gasteiger partial charge in [-0.1, -0.05) is 43.6 Å². The number of halogens is 1. The second-order valence-corrected chi connectivity index (χ2v) is 8.22. The molecule has 2 rings (SSSR count). The summed E-state index contributed by atoms with van der Waals surface area (Å²) in [5.74, 6) is -1.60. The van der Waals surface area contributed by atoms with Gasteiger partial charge in [0.05, 0.1) is 5.02 Å². The minimum absolute atomic E-state index is 0.0581. The van der Waals surface area contributed by atoms with Crippen LogP contribution in [0.2, 0.25) is 5.02 Å². The summed E-state index contributed by atoms with van der Waals surface area (Å²) in [6.07, 6.45) is 0. The van der Waals surface area contributed by atoms with Crippen LogP contribution in [0, 0.1) is 5.92 Å². The molecule has 21 heavy (non-hydrogen) atoms. The maximum atomic E-state index is 12.4. The molecule has 114 valence electrons. The summed E-state index contributed by atoms with van der Waals surface area (Å²) in [7, 11) is -3.99. The summed E-state index contributed by atoms with van der Waals surface area (Å²) in [4.78, 5) is 11.2. The molecule has 2 aromatic rings. The van der Waals surface area contributed by atoms with Crippen LogP contribution >= 0.6 is 22.9 Å². The molecule has 0 bridgehead atoms. The molecule has 5 nitrogen and oxygen atoms in total. The minimum Gasteiger partial charge on any atom is -0.480 e. The van der Waals surface area contributed by atoms with E-state index in [-0.39, 0.29) is 15.1 Å². The third-order valence-corrected chi connectivity index (χ3v) is 6.71. The van der Waals surface area contributed by atoms with Crippen LogP contribution in [0.25, 0.3) is 10.1 Å². The lowest BCUT2D eigenvalue weighted by Crippen LogP contribution is -2.44. The van der Waals surface area contributed by atoms with Crippen LogP contribution in [-0.2, 0) is 14.8 Å². The number of carbonyl (C=O) groups is 1. The smallest absolute Gasteiger partial charge is 0.322 e. The Balaban J connectivity index is 2.47. The Morgan fingerprint density at radius 2 is 1.95 bits per heavy atom. The second-order valence-electron chi connectivity index (χ2n) is 4.88. The largest absolute Gasteiger partial charge is 0.480 e. The van der Waals surface area contributed by atoms with E-state index >= 15 is 0 Å². The van der Waals surface area contributed by atoms with E-state index in [1.807, 2.05) is 0 Å². The molecule has 2 N–H and O–H groups in total. The fourth-order valence-electron chi connectivity index (χ4n) is 1.86. The second kappa shape index (κ2) is 5.92. The highest BCUT2D eigenvalue weighted by Gasteiger charge is 2.31.